The Bertz CT molecular complexity index is 554. The molecule has 0 spiro atoms. The van der Waals surface area contributed by atoms with Crippen LogP contribution in [0.25, 0.3) is 0 Å². The molecule has 0 bridgehead atoms. The van der Waals surface area contributed by atoms with Crippen molar-refractivity contribution in [3.63, 3.8) is 0 Å². The molecule has 0 unspecified atom stereocenters. The van der Waals surface area contributed by atoms with E-state index in [0.717, 1.165) is 10.0 Å². The summed E-state index contributed by atoms with van der Waals surface area (Å²) >= 11 is 3.48. The first-order chi connectivity index (χ1) is 11.0. The van der Waals surface area contributed by atoms with Gasteiger partial charge in [-0.05, 0) is 31.5 Å². The fraction of sp³-hybridized carbons (Fsp3) is 0.588. The predicted octanol–water partition coefficient (Wildman–Crippen LogP) is 3.37. The van der Waals surface area contributed by atoms with E-state index in [1.165, 1.54) is 0 Å². The van der Waals surface area contributed by atoms with Gasteiger partial charge in [-0.3, -0.25) is 4.79 Å². The highest BCUT2D eigenvalue weighted by atomic mass is 79.9. The maximum Gasteiger partial charge on any atom is 0.310 e. The van der Waals surface area contributed by atoms with Gasteiger partial charge < -0.3 is 18.9 Å². The van der Waals surface area contributed by atoms with Gasteiger partial charge in [-0.25, -0.2) is 0 Å². The Balaban J connectivity index is 2.02. The molecule has 0 N–H and O–H groups in total. The second-order valence-electron chi connectivity index (χ2n) is 5.90. The van der Waals surface area contributed by atoms with Gasteiger partial charge in [0.15, 0.2) is 11.5 Å². The van der Waals surface area contributed by atoms with Crippen LogP contribution in [0.2, 0.25) is 0 Å². The summed E-state index contributed by atoms with van der Waals surface area (Å²) < 4.78 is 22.5. The third-order valence-corrected chi connectivity index (χ3v) is 4.27. The summed E-state index contributed by atoms with van der Waals surface area (Å²) in [6, 6.07) is 3.66. The van der Waals surface area contributed by atoms with Gasteiger partial charge in [0.2, 0.25) is 0 Å². The highest BCUT2D eigenvalue weighted by Gasteiger charge is 2.34. The van der Waals surface area contributed by atoms with Crippen LogP contribution in [-0.4, -0.2) is 39.0 Å². The van der Waals surface area contributed by atoms with E-state index in [-0.39, 0.29) is 17.8 Å². The summed E-state index contributed by atoms with van der Waals surface area (Å²) in [4.78, 5) is 12.1. The quantitative estimate of drug-likeness (QED) is 0.641. The Labute approximate surface area is 145 Å². The number of carbonyl (C=O) groups is 1. The Morgan fingerprint density at radius 2 is 1.83 bits per heavy atom. The predicted molar refractivity (Wildman–Crippen MR) is 90.1 cm³/mol. The molecular weight excluding hydrogens is 364 g/mol. The van der Waals surface area contributed by atoms with Crippen LogP contribution >= 0.6 is 15.9 Å². The zero-order valence-corrected chi connectivity index (χ0v) is 15.4. The van der Waals surface area contributed by atoms with E-state index < -0.39 is 0 Å². The number of halogens is 1. The first kappa shape index (κ1) is 18.1. The molecule has 0 aromatic heterocycles. The van der Waals surface area contributed by atoms with E-state index in [2.05, 4.69) is 15.9 Å². The SMILES string of the molecule is CCOc1cc(Br)c(CC(=O)OCC2(C)COC2)cc1OCC. The van der Waals surface area contributed by atoms with Crippen LogP contribution in [0, 0.1) is 5.41 Å². The van der Waals surface area contributed by atoms with E-state index in [9.17, 15) is 4.79 Å². The van der Waals surface area contributed by atoms with Crippen LogP contribution in [-0.2, 0) is 20.7 Å². The number of benzene rings is 1. The highest BCUT2D eigenvalue weighted by molar-refractivity contribution is 9.10. The summed E-state index contributed by atoms with van der Waals surface area (Å²) in [6.45, 7) is 8.62. The molecular formula is C17H23BrO5. The molecule has 0 radical (unpaired) electrons. The van der Waals surface area contributed by atoms with Crippen molar-refractivity contribution in [1.82, 2.24) is 0 Å². The number of carbonyl (C=O) groups excluding carboxylic acids is 1. The van der Waals surface area contributed by atoms with E-state index in [4.69, 9.17) is 18.9 Å². The average Bonchev–Trinajstić information content (AvgIpc) is 2.48. The third kappa shape index (κ3) is 4.85. The van der Waals surface area contributed by atoms with Crippen molar-refractivity contribution in [1.29, 1.82) is 0 Å². The molecule has 0 amide bonds. The second kappa shape index (κ2) is 8.02. The lowest BCUT2D eigenvalue weighted by Crippen LogP contribution is -2.44. The van der Waals surface area contributed by atoms with Gasteiger partial charge in [-0.15, -0.1) is 0 Å². The summed E-state index contributed by atoms with van der Waals surface area (Å²) in [7, 11) is 0. The van der Waals surface area contributed by atoms with Crippen molar-refractivity contribution in [3.05, 3.63) is 22.2 Å². The van der Waals surface area contributed by atoms with Crippen LogP contribution in [0.4, 0.5) is 0 Å². The van der Waals surface area contributed by atoms with Crippen LogP contribution in [0.3, 0.4) is 0 Å². The Kier molecular flexibility index (Phi) is 6.30. The van der Waals surface area contributed by atoms with Crippen molar-refractivity contribution >= 4 is 21.9 Å². The minimum atomic E-state index is -0.259. The first-order valence-electron chi connectivity index (χ1n) is 7.79. The molecule has 0 saturated carbocycles. The standard InChI is InChI=1S/C17H23BrO5/c1-4-21-14-6-12(13(18)8-15(14)22-5-2)7-16(19)23-11-17(3)9-20-10-17/h6,8H,4-5,7,9-11H2,1-3H3. The number of rotatable bonds is 8. The number of hydrogen-bond donors (Lipinski definition) is 0. The van der Waals surface area contributed by atoms with Gasteiger partial charge >= 0.3 is 5.97 Å². The van der Waals surface area contributed by atoms with E-state index in [1.807, 2.05) is 32.9 Å². The van der Waals surface area contributed by atoms with Crippen molar-refractivity contribution in [3.8, 4) is 11.5 Å². The molecule has 5 nitrogen and oxygen atoms in total. The molecule has 1 aliphatic rings. The minimum Gasteiger partial charge on any atom is -0.490 e. The number of esters is 1. The minimum absolute atomic E-state index is 0.0395. The molecule has 6 heteroatoms. The molecule has 128 valence electrons. The molecule has 0 aliphatic carbocycles. The molecule has 1 heterocycles. The van der Waals surface area contributed by atoms with Gasteiger partial charge in [0.1, 0.15) is 6.61 Å². The number of ether oxygens (including phenoxy) is 4. The summed E-state index contributed by atoms with van der Waals surface area (Å²) in [5.41, 5.74) is 0.777. The van der Waals surface area contributed by atoms with Crippen LogP contribution in [0.1, 0.15) is 26.3 Å². The lowest BCUT2D eigenvalue weighted by molar-refractivity contribution is -0.164. The molecule has 0 atom stereocenters. The fourth-order valence-electron chi connectivity index (χ4n) is 2.24. The molecule has 1 fully saturated rings. The first-order valence-corrected chi connectivity index (χ1v) is 8.58. The largest absolute Gasteiger partial charge is 0.490 e. The van der Waals surface area contributed by atoms with Gasteiger partial charge in [-0.2, -0.15) is 0 Å². The van der Waals surface area contributed by atoms with Crippen molar-refractivity contribution < 1.29 is 23.7 Å². The van der Waals surface area contributed by atoms with Crippen LogP contribution < -0.4 is 9.47 Å². The van der Waals surface area contributed by atoms with Gasteiger partial charge in [-0.1, -0.05) is 22.9 Å². The maximum atomic E-state index is 12.1. The monoisotopic (exact) mass is 386 g/mol. The van der Waals surface area contributed by atoms with Gasteiger partial charge in [0, 0.05) is 9.89 Å². The van der Waals surface area contributed by atoms with Crippen LogP contribution in [0.5, 0.6) is 11.5 Å². The van der Waals surface area contributed by atoms with E-state index in [0.29, 0.717) is 44.5 Å². The summed E-state index contributed by atoms with van der Waals surface area (Å²) in [6.07, 6.45) is 0.185. The third-order valence-electron chi connectivity index (χ3n) is 3.53. The Morgan fingerprint density at radius 3 is 2.35 bits per heavy atom. The highest BCUT2D eigenvalue weighted by Crippen LogP contribution is 2.34. The van der Waals surface area contributed by atoms with Gasteiger partial charge in [0.25, 0.3) is 0 Å². The normalized spacial score (nSPS) is 15.7. The summed E-state index contributed by atoms with van der Waals surface area (Å²) in [5.74, 6) is 1.04. The fourth-order valence-corrected chi connectivity index (χ4v) is 2.71. The maximum absolute atomic E-state index is 12.1. The summed E-state index contributed by atoms with van der Waals surface area (Å²) in [5, 5.41) is 0. The molecule has 23 heavy (non-hydrogen) atoms. The molecule has 1 aromatic rings. The van der Waals surface area contributed by atoms with Crippen LogP contribution in [0.15, 0.2) is 16.6 Å². The lowest BCUT2D eigenvalue weighted by atomic mass is 9.90. The second-order valence-corrected chi connectivity index (χ2v) is 6.75. The Morgan fingerprint density at radius 1 is 1.22 bits per heavy atom. The molecule has 2 rings (SSSR count). The average molecular weight is 387 g/mol. The molecule has 1 aliphatic heterocycles. The van der Waals surface area contributed by atoms with Crippen molar-refractivity contribution in [2.24, 2.45) is 5.41 Å². The van der Waals surface area contributed by atoms with E-state index >= 15 is 0 Å². The van der Waals surface area contributed by atoms with Crippen molar-refractivity contribution in [2.75, 3.05) is 33.0 Å². The zero-order valence-electron chi connectivity index (χ0n) is 13.8. The lowest BCUT2D eigenvalue weighted by Gasteiger charge is -2.37. The van der Waals surface area contributed by atoms with Gasteiger partial charge in [0.05, 0.1) is 32.8 Å². The van der Waals surface area contributed by atoms with Crippen molar-refractivity contribution in [2.45, 2.75) is 27.2 Å². The zero-order chi connectivity index (χ0) is 16.9. The Hall–Kier alpha value is -1.27. The molecule has 1 aromatic carbocycles. The topological polar surface area (TPSA) is 54.0 Å². The number of hydrogen-bond acceptors (Lipinski definition) is 5. The molecule has 1 saturated heterocycles. The van der Waals surface area contributed by atoms with E-state index in [1.54, 1.807) is 0 Å². The smallest absolute Gasteiger partial charge is 0.310 e.